The molecule has 0 saturated heterocycles. The summed E-state index contributed by atoms with van der Waals surface area (Å²) in [5.41, 5.74) is 6.21. The lowest BCUT2D eigenvalue weighted by Crippen LogP contribution is -2.34. The van der Waals surface area contributed by atoms with E-state index in [1.807, 2.05) is 20.8 Å². The maximum absolute atomic E-state index is 12.0. The molecule has 0 radical (unpaired) electrons. The molecule has 0 heterocycles. The van der Waals surface area contributed by atoms with Crippen molar-refractivity contribution in [1.29, 1.82) is 0 Å². The molecule has 0 fully saturated rings. The summed E-state index contributed by atoms with van der Waals surface area (Å²) in [4.78, 5) is 10.3. The molecule has 0 saturated carbocycles. The van der Waals surface area contributed by atoms with Gasteiger partial charge in [0.2, 0.25) is 0 Å². The normalized spacial score (nSPS) is 14.9. The number of nitrogens with zero attached hydrogens (tertiary/aromatic N) is 1. The van der Waals surface area contributed by atoms with Crippen LogP contribution in [0.5, 0.6) is 0 Å². The van der Waals surface area contributed by atoms with Crippen LogP contribution in [0.15, 0.2) is 18.2 Å². The van der Waals surface area contributed by atoms with Crippen molar-refractivity contribution in [2.45, 2.75) is 38.5 Å². The van der Waals surface area contributed by atoms with Crippen molar-refractivity contribution in [3.63, 3.8) is 0 Å². The Kier molecular flexibility index (Phi) is 4.65. The lowest BCUT2D eigenvalue weighted by Gasteiger charge is -2.22. The van der Waals surface area contributed by atoms with Gasteiger partial charge in [-0.2, -0.15) is 0 Å². The Morgan fingerprint density at radius 1 is 1.42 bits per heavy atom. The smallest absolute Gasteiger partial charge is 0.292 e. The van der Waals surface area contributed by atoms with Crippen molar-refractivity contribution in [3.05, 3.63) is 33.9 Å². The van der Waals surface area contributed by atoms with Crippen LogP contribution in [0.2, 0.25) is 0 Å². The summed E-state index contributed by atoms with van der Waals surface area (Å²) >= 11 is 0. The quantitative estimate of drug-likeness (QED) is 0.503. The minimum atomic E-state index is -1.24. The van der Waals surface area contributed by atoms with Crippen LogP contribution in [0, 0.1) is 10.1 Å². The molecule has 3 N–H and O–H groups in total. The summed E-state index contributed by atoms with van der Waals surface area (Å²) in [6.07, 6.45) is 0. The van der Waals surface area contributed by atoms with Gasteiger partial charge in [-0.1, -0.05) is 6.07 Å². The van der Waals surface area contributed by atoms with Crippen molar-refractivity contribution in [2.75, 3.05) is 5.73 Å². The summed E-state index contributed by atoms with van der Waals surface area (Å²) in [5, 5.41) is 10.8. The molecule has 19 heavy (non-hydrogen) atoms. The first-order chi connectivity index (χ1) is 8.62. The fraction of sp³-hybridized carbons (Fsp3) is 0.500. The van der Waals surface area contributed by atoms with Gasteiger partial charge in [-0.25, -0.2) is 8.93 Å². The first-order valence-corrected chi connectivity index (χ1v) is 6.99. The lowest BCUT2D eigenvalue weighted by atomic mass is 10.1. The summed E-state index contributed by atoms with van der Waals surface area (Å²) in [7, 11) is -1.24. The first kappa shape index (κ1) is 15.6. The van der Waals surface area contributed by atoms with Crippen LogP contribution in [0.4, 0.5) is 11.4 Å². The van der Waals surface area contributed by atoms with Gasteiger partial charge in [-0.05, 0) is 39.3 Å². The van der Waals surface area contributed by atoms with E-state index in [9.17, 15) is 14.3 Å². The van der Waals surface area contributed by atoms with Gasteiger partial charge in [0.05, 0.1) is 20.7 Å². The lowest BCUT2D eigenvalue weighted by molar-refractivity contribution is -0.384. The fourth-order valence-electron chi connectivity index (χ4n) is 1.39. The van der Waals surface area contributed by atoms with Gasteiger partial charge in [0.25, 0.3) is 5.69 Å². The Bertz CT molecular complexity index is 511. The van der Waals surface area contributed by atoms with Crippen LogP contribution in [0.3, 0.4) is 0 Å². The zero-order valence-electron chi connectivity index (χ0n) is 11.5. The summed E-state index contributed by atoms with van der Waals surface area (Å²) in [6.45, 7) is 7.37. The minimum Gasteiger partial charge on any atom is -0.393 e. The summed E-state index contributed by atoms with van der Waals surface area (Å²) in [6, 6.07) is 4.33. The number of anilines is 1. The van der Waals surface area contributed by atoms with Gasteiger partial charge in [-0.3, -0.25) is 10.1 Å². The van der Waals surface area contributed by atoms with Gasteiger partial charge < -0.3 is 5.73 Å². The molecular weight excluding hydrogens is 266 g/mol. The zero-order valence-corrected chi connectivity index (χ0v) is 12.3. The molecule has 0 spiro atoms. The molecule has 1 aromatic carbocycles. The predicted octanol–water partition coefficient (Wildman–Crippen LogP) is 2.29. The number of nitrogens with one attached hydrogen (secondary N) is 1. The number of rotatable bonds is 4. The molecule has 0 bridgehead atoms. The van der Waals surface area contributed by atoms with E-state index in [4.69, 9.17) is 5.73 Å². The van der Waals surface area contributed by atoms with Gasteiger partial charge in [0.15, 0.2) is 0 Å². The average molecular weight is 285 g/mol. The highest BCUT2D eigenvalue weighted by molar-refractivity contribution is 7.84. The van der Waals surface area contributed by atoms with Crippen LogP contribution < -0.4 is 10.5 Å². The van der Waals surface area contributed by atoms with Crippen molar-refractivity contribution in [1.82, 2.24) is 4.72 Å². The topological polar surface area (TPSA) is 98.3 Å². The Hall–Kier alpha value is -1.47. The van der Waals surface area contributed by atoms with E-state index < -0.39 is 20.7 Å². The highest BCUT2D eigenvalue weighted by Crippen LogP contribution is 2.26. The molecule has 106 valence electrons. The molecule has 1 rings (SSSR count). The van der Waals surface area contributed by atoms with E-state index in [1.54, 1.807) is 13.0 Å². The van der Waals surface area contributed by atoms with Crippen molar-refractivity contribution < 1.29 is 9.13 Å². The van der Waals surface area contributed by atoms with Crippen LogP contribution in [-0.2, 0) is 11.0 Å². The molecule has 2 atom stereocenters. The highest BCUT2D eigenvalue weighted by atomic mass is 32.2. The molecule has 0 aliphatic carbocycles. The second-order valence-corrected chi connectivity index (χ2v) is 7.29. The summed E-state index contributed by atoms with van der Waals surface area (Å²) < 4.78 is 14.5. The number of hydrogen-bond acceptors (Lipinski definition) is 4. The van der Waals surface area contributed by atoms with Crippen LogP contribution in [0.1, 0.15) is 39.3 Å². The van der Waals surface area contributed by atoms with Gasteiger partial charge in [0, 0.05) is 12.1 Å². The van der Waals surface area contributed by atoms with Crippen molar-refractivity contribution >= 4 is 22.4 Å². The molecule has 6 nitrogen and oxygen atoms in total. The van der Waals surface area contributed by atoms with E-state index in [2.05, 4.69) is 4.72 Å². The molecule has 7 heteroatoms. The third kappa shape index (κ3) is 4.00. The number of nitro groups is 1. The molecular formula is C12H19N3O3S. The second-order valence-electron chi connectivity index (χ2n) is 5.30. The molecule has 0 unspecified atom stereocenters. The maximum Gasteiger partial charge on any atom is 0.292 e. The predicted molar refractivity (Wildman–Crippen MR) is 77.0 cm³/mol. The van der Waals surface area contributed by atoms with Gasteiger partial charge in [0.1, 0.15) is 5.69 Å². The van der Waals surface area contributed by atoms with E-state index in [0.717, 1.165) is 0 Å². The van der Waals surface area contributed by atoms with Crippen LogP contribution >= 0.6 is 0 Å². The molecule has 0 amide bonds. The van der Waals surface area contributed by atoms with E-state index in [0.29, 0.717) is 5.56 Å². The zero-order chi connectivity index (χ0) is 14.8. The first-order valence-electron chi connectivity index (χ1n) is 5.85. The largest absolute Gasteiger partial charge is 0.393 e. The minimum absolute atomic E-state index is 0.123. The third-order valence-electron chi connectivity index (χ3n) is 2.59. The summed E-state index contributed by atoms with van der Waals surface area (Å²) in [5.74, 6) is 0. The van der Waals surface area contributed by atoms with Crippen LogP contribution in [0.25, 0.3) is 0 Å². The van der Waals surface area contributed by atoms with E-state index in [-0.39, 0.29) is 17.4 Å². The standard InChI is InChI=1S/C12H19N3O3S/c1-8(14-19(18)12(2,3)4)9-5-6-10(13)11(7-9)15(16)17/h5-8,14H,13H2,1-4H3/t8-,19-/m0/s1. The Morgan fingerprint density at radius 3 is 2.47 bits per heavy atom. The van der Waals surface area contributed by atoms with Gasteiger partial charge >= 0.3 is 0 Å². The number of nitrogens with two attached hydrogens (primary N) is 1. The average Bonchev–Trinajstić information content (AvgIpc) is 2.27. The molecule has 0 aliphatic rings. The third-order valence-corrected chi connectivity index (χ3v) is 4.27. The molecule has 0 aliphatic heterocycles. The van der Waals surface area contributed by atoms with Crippen LogP contribution in [-0.4, -0.2) is 13.9 Å². The number of hydrogen-bond donors (Lipinski definition) is 2. The Morgan fingerprint density at radius 2 is 2.00 bits per heavy atom. The monoisotopic (exact) mass is 285 g/mol. The maximum atomic E-state index is 12.0. The van der Waals surface area contributed by atoms with E-state index >= 15 is 0 Å². The Labute approximate surface area is 115 Å². The number of nitro benzene ring substituents is 1. The highest BCUT2D eigenvalue weighted by Gasteiger charge is 2.22. The number of nitrogen functional groups attached to an aromatic ring is 1. The Balaban J connectivity index is 2.95. The van der Waals surface area contributed by atoms with Crippen molar-refractivity contribution in [3.8, 4) is 0 Å². The SMILES string of the molecule is C[C@H](N[S@@](=O)C(C)(C)C)c1ccc(N)c([N+](=O)[O-])c1. The molecule has 1 aromatic rings. The second kappa shape index (κ2) is 5.66. The van der Waals surface area contributed by atoms with Crippen molar-refractivity contribution in [2.24, 2.45) is 0 Å². The number of benzene rings is 1. The fourth-order valence-corrected chi connectivity index (χ4v) is 2.20. The van der Waals surface area contributed by atoms with Gasteiger partial charge in [-0.15, -0.1) is 0 Å². The van der Waals surface area contributed by atoms with E-state index in [1.165, 1.54) is 12.1 Å². The molecule has 0 aromatic heterocycles.